The standard InChI is InChI=1S/C89H112N2O2/c1-79-25-61-26-80(2,43-79)46-87(41-61,45-79)71-21-65(23-73(90)77(71)92)89(66-22-72(78(93)74(91)24-66)88-42-62-27-81(3,47-88)44-82(4,28-62)48-88)69-19-63(83-29-49-5-50(30-83)7-51(6-49)31-83)17-67(85-35-55-11-56(36-85)13-57(12-55)37-85)75(69)76-68(86-38-58-14-59(39-86)16-60(15-58)40-86)18-64(20-70(76)89)84-32-52-8-53(33-84)10-54(9-52)34-84/h17-24,49-62,92-93H,5-16,25-48,90-91H2,1-4H3. The molecule has 0 radical (unpaired) electrons. The Labute approximate surface area is 557 Å². The van der Waals surface area contributed by atoms with Crippen LogP contribution in [0.3, 0.4) is 0 Å². The SMILES string of the molecule is CC12CC3CC(C)(C1)CC(c1cc(C4(c5cc(N)c(O)c(C67CC8CC(C)(CC(C)(C8)C6)C7)c5)c5cc(C67CC8CC(CC(C8)C6)C7)cc(C67CC8CC(CC(C8)C6)C7)c5-c5c(C67CC8CC(CC(C8)C6)C7)cc(C67CC8CC(CC(C8)C6)C7)cc54)cc(N)c1O)(C3)C2. The molecule has 0 amide bonds. The van der Waals surface area contributed by atoms with Gasteiger partial charge in [-0.1, -0.05) is 52.0 Å². The fourth-order valence-corrected chi connectivity index (χ4v) is 36.7. The Morgan fingerprint density at radius 3 is 0.763 bits per heavy atom. The van der Waals surface area contributed by atoms with Gasteiger partial charge in [-0.3, -0.25) is 0 Å². The number of anilines is 2. The lowest BCUT2D eigenvalue weighted by Gasteiger charge is -2.65. The lowest BCUT2D eigenvalue weighted by molar-refractivity contribution is -0.110. The first-order valence-corrected chi connectivity index (χ1v) is 40.1. The number of phenols is 2. The molecule has 4 atom stereocenters. The summed E-state index contributed by atoms with van der Waals surface area (Å²) in [4.78, 5) is 0. The van der Waals surface area contributed by atoms with Crippen molar-refractivity contribution in [3.05, 3.63) is 104 Å². The molecule has 0 spiro atoms. The molecule has 93 heavy (non-hydrogen) atoms. The van der Waals surface area contributed by atoms with Gasteiger partial charge in [0.25, 0.3) is 0 Å². The third-order valence-corrected chi connectivity index (χ3v) is 35.4. The molecule has 25 aliphatic carbocycles. The van der Waals surface area contributed by atoms with Crippen LogP contribution in [0.2, 0.25) is 0 Å². The van der Waals surface area contributed by atoms with Crippen LogP contribution in [0.4, 0.5) is 11.4 Å². The van der Waals surface area contributed by atoms with Crippen LogP contribution in [-0.2, 0) is 37.9 Å². The van der Waals surface area contributed by atoms with Crippen LogP contribution in [-0.4, -0.2) is 10.2 Å². The Morgan fingerprint density at radius 1 is 0.258 bits per heavy atom. The number of phenolic OH excluding ortho intramolecular Hbond substituents is 2. The molecule has 29 rings (SSSR count). The summed E-state index contributed by atoms with van der Waals surface area (Å²) in [6.45, 7) is 10.6. The van der Waals surface area contributed by atoms with E-state index in [0.29, 0.717) is 34.7 Å². The summed E-state index contributed by atoms with van der Waals surface area (Å²) in [5, 5.41) is 27.0. The van der Waals surface area contributed by atoms with Gasteiger partial charge in [0.1, 0.15) is 11.5 Å². The maximum atomic E-state index is 13.5. The Kier molecular flexibility index (Phi) is 10.5. The minimum absolute atomic E-state index is 0.147. The summed E-state index contributed by atoms with van der Waals surface area (Å²) in [5.41, 5.74) is 36.3. The van der Waals surface area contributed by atoms with Crippen molar-refractivity contribution >= 4 is 11.4 Å². The molecule has 4 nitrogen and oxygen atoms in total. The van der Waals surface area contributed by atoms with Crippen LogP contribution in [0, 0.1) is 105 Å². The van der Waals surface area contributed by atoms with Gasteiger partial charge in [0.15, 0.2) is 0 Å². The van der Waals surface area contributed by atoms with Crippen molar-refractivity contribution in [2.24, 2.45) is 105 Å². The number of nitrogen functional groups attached to an aromatic ring is 2. The predicted octanol–water partition coefficient (Wildman–Crippen LogP) is 21.0. The fourth-order valence-electron chi connectivity index (χ4n) is 36.7. The average Bonchev–Trinajstić information content (AvgIpc) is 1.55. The monoisotopic (exact) mass is 1240 g/mol. The molecule has 4 unspecified atom stereocenters. The number of benzene rings is 4. The van der Waals surface area contributed by atoms with E-state index in [1.165, 1.54) is 215 Å². The van der Waals surface area contributed by atoms with Gasteiger partial charge in [0, 0.05) is 22.0 Å². The van der Waals surface area contributed by atoms with Gasteiger partial charge >= 0.3 is 0 Å². The summed E-state index contributed by atoms with van der Waals surface area (Å²) < 4.78 is 0. The molecule has 0 aliphatic heterocycles. The van der Waals surface area contributed by atoms with E-state index in [0.717, 1.165) is 110 Å². The zero-order valence-electron chi connectivity index (χ0n) is 57.7. The first kappa shape index (κ1) is 56.0. The highest BCUT2D eigenvalue weighted by molar-refractivity contribution is 5.93. The van der Waals surface area contributed by atoms with Crippen LogP contribution in [0.15, 0.2) is 48.5 Å². The van der Waals surface area contributed by atoms with Gasteiger partial charge < -0.3 is 21.7 Å². The second-order valence-electron chi connectivity index (χ2n) is 43.2. The number of nitrogens with two attached hydrogens (primary N) is 2. The molecular weight excluding hydrogens is 1130 g/mol. The summed E-state index contributed by atoms with van der Waals surface area (Å²) in [5.74, 6) is 12.1. The molecule has 6 N–H and O–H groups in total. The maximum absolute atomic E-state index is 13.5. The van der Waals surface area contributed by atoms with Crippen LogP contribution in [0.25, 0.3) is 11.1 Å². The van der Waals surface area contributed by atoms with Crippen molar-refractivity contribution in [1.82, 2.24) is 0 Å². The Bertz CT molecular complexity index is 3570. The molecule has 24 saturated carbocycles. The minimum Gasteiger partial charge on any atom is -0.505 e. The van der Waals surface area contributed by atoms with Gasteiger partial charge in [-0.15, -0.1) is 0 Å². The van der Waals surface area contributed by atoms with E-state index in [4.69, 9.17) is 11.5 Å². The molecule has 0 saturated heterocycles. The quantitative estimate of drug-likeness (QED) is 0.0920. The smallest absolute Gasteiger partial charge is 0.142 e. The topological polar surface area (TPSA) is 92.5 Å². The number of aromatic hydroxyl groups is 2. The molecule has 490 valence electrons. The number of rotatable bonds is 8. The van der Waals surface area contributed by atoms with Crippen LogP contribution in [0.1, 0.15) is 314 Å². The van der Waals surface area contributed by atoms with Crippen LogP contribution in [0.5, 0.6) is 11.5 Å². The summed E-state index contributed by atoms with van der Waals surface area (Å²) >= 11 is 0. The van der Waals surface area contributed by atoms with Crippen LogP contribution < -0.4 is 11.5 Å². The summed E-state index contributed by atoms with van der Waals surface area (Å²) in [6.07, 6.45) is 48.6. The molecule has 4 aromatic rings. The first-order valence-electron chi connectivity index (χ1n) is 40.1. The number of hydrogen-bond acceptors (Lipinski definition) is 4. The second kappa shape index (κ2) is 17.4. The van der Waals surface area contributed by atoms with Crippen molar-refractivity contribution < 1.29 is 10.2 Å². The first-order chi connectivity index (χ1) is 44.5. The van der Waals surface area contributed by atoms with E-state index < -0.39 is 5.41 Å². The Morgan fingerprint density at radius 2 is 0.495 bits per heavy atom. The normalized spacial score (nSPS) is 52.3. The Balaban J connectivity index is 0.889. The van der Waals surface area contributed by atoms with E-state index in [-0.39, 0.29) is 54.1 Å². The van der Waals surface area contributed by atoms with Crippen molar-refractivity contribution in [3.63, 3.8) is 0 Å². The summed E-state index contributed by atoms with van der Waals surface area (Å²) in [7, 11) is 0. The largest absolute Gasteiger partial charge is 0.505 e. The second-order valence-corrected chi connectivity index (χ2v) is 43.2. The highest BCUT2D eigenvalue weighted by Gasteiger charge is 2.67. The highest BCUT2D eigenvalue weighted by atomic mass is 16.3. The molecule has 0 aromatic heterocycles. The lowest BCUT2D eigenvalue weighted by atomic mass is 9.39. The molecular formula is C89H112N2O2. The molecule has 25 aliphatic rings. The van der Waals surface area contributed by atoms with Gasteiger partial charge in [0.2, 0.25) is 0 Å². The lowest BCUT2D eigenvalue weighted by Crippen LogP contribution is -2.57. The molecule has 4 heteroatoms. The van der Waals surface area contributed by atoms with Gasteiger partial charge in [-0.2, -0.15) is 0 Å². The molecule has 4 aromatic carbocycles. The molecule has 24 fully saturated rings. The number of hydrogen-bond donors (Lipinski definition) is 4. The van der Waals surface area contributed by atoms with E-state index in [1.807, 2.05) is 11.1 Å². The van der Waals surface area contributed by atoms with Gasteiger partial charge in [-0.05, 0) is 437 Å². The van der Waals surface area contributed by atoms with Gasteiger partial charge in [0.05, 0.1) is 16.8 Å². The van der Waals surface area contributed by atoms with Crippen molar-refractivity contribution in [3.8, 4) is 22.6 Å². The minimum atomic E-state index is -0.811. The van der Waals surface area contributed by atoms with Crippen molar-refractivity contribution in [2.75, 3.05) is 11.5 Å². The van der Waals surface area contributed by atoms with Crippen molar-refractivity contribution in [1.29, 1.82) is 0 Å². The number of fused-ring (bicyclic) bond motifs is 3. The zero-order valence-corrected chi connectivity index (χ0v) is 57.7. The van der Waals surface area contributed by atoms with E-state index >= 15 is 0 Å². The molecule has 0 heterocycles. The fraction of sp³-hybridized carbons (Fsp3) is 0.730. The Hall–Kier alpha value is -3.92. The van der Waals surface area contributed by atoms with Crippen molar-refractivity contribution in [2.45, 2.75) is 297 Å². The van der Waals surface area contributed by atoms with Crippen LogP contribution >= 0.6 is 0 Å². The zero-order chi connectivity index (χ0) is 61.9. The third-order valence-electron chi connectivity index (χ3n) is 35.4. The predicted molar refractivity (Wildman–Crippen MR) is 373 cm³/mol. The molecule has 24 bridgehead atoms. The highest BCUT2D eigenvalue weighted by Crippen LogP contribution is 2.77. The van der Waals surface area contributed by atoms with Gasteiger partial charge in [-0.25, -0.2) is 0 Å². The van der Waals surface area contributed by atoms with E-state index in [9.17, 15) is 10.2 Å². The van der Waals surface area contributed by atoms with E-state index in [1.54, 1.807) is 33.4 Å². The van der Waals surface area contributed by atoms with E-state index in [2.05, 4.69) is 76.2 Å². The third kappa shape index (κ3) is 7.35. The maximum Gasteiger partial charge on any atom is 0.142 e. The summed E-state index contributed by atoms with van der Waals surface area (Å²) in [6, 6.07) is 22.5. The average molecular weight is 1240 g/mol.